The van der Waals surface area contributed by atoms with Crippen molar-refractivity contribution in [2.75, 3.05) is 19.7 Å². The summed E-state index contributed by atoms with van der Waals surface area (Å²) in [6.07, 6.45) is 5.58. The standard InChI is InChI=1S/C38H49N2O4P/c1-6-44-45(43,33(21-27-13-9-7-10-14-27)39-25-37-19-17-29(23-31(37)41)35(37,2)3)34(22-28-15-11-8-12-16-28)40-26-38-20-18-30(24-32(38)42)36(38,4)5/h7-16,29-30H,6,17-26H2,1-5H3. The van der Waals surface area contributed by atoms with Crippen LogP contribution >= 0.6 is 7.37 Å². The van der Waals surface area contributed by atoms with Crippen LogP contribution in [0.25, 0.3) is 0 Å². The van der Waals surface area contributed by atoms with Crippen LogP contribution in [0.4, 0.5) is 0 Å². The van der Waals surface area contributed by atoms with Gasteiger partial charge in [0.2, 0.25) is 0 Å². The molecule has 4 aliphatic carbocycles. The third-order valence-corrected chi connectivity index (χ3v) is 15.3. The van der Waals surface area contributed by atoms with Crippen molar-refractivity contribution in [2.45, 2.75) is 86.0 Å². The summed E-state index contributed by atoms with van der Waals surface area (Å²) >= 11 is 0. The lowest BCUT2D eigenvalue weighted by molar-refractivity contribution is -0.129. The highest BCUT2D eigenvalue weighted by atomic mass is 31.2. The van der Waals surface area contributed by atoms with E-state index < -0.39 is 18.2 Å². The molecule has 0 aliphatic heterocycles. The quantitative estimate of drug-likeness (QED) is 0.175. The van der Waals surface area contributed by atoms with Crippen molar-refractivity contribution in [3.63, 3.8) is 0 Å². The van der Waals surface area contributed by atoms with E-state index in [9.17, 15) is 9.59 Å². The molecule has 45 heavy (non-hydrogen) atoms. The Bertz CT molecular complexity index is 1450. The molecular formula is C38H49N2O4P. The van der Waals surface area contributed by atoms with E-state index in [0.717, 1.165) is 36.8 Å². The Morgan fingerprint density at radius 1 is 0.733 bits per heavy atom. The van der Waals surface area contributed by atoms with Gasteiger partial charge in [-0.15, -0.1) is 0 Å². The number of rotatable bonds is 12. The Labute approximate surface area is 269 Å². The van der Waals surface area contributed by atoms with Gasteiger partial charge in [0.25, 0.3) is 7.37 Å². The van der Waals surface area contributed by atoms with Gasteiger partial charge in [0.05, 0.1) is 30.5 Å². The van der Waals surface area contributed by atoms with Crippen LogP contribution in [0, 0.1) is 33.5 Å². The summed E-state index contributed by atoms with van der Waals surface area (Å²) in [5.74, 6) is 1.31. The van der Waals surface area contributed by atoms with E-state index in [4.69, 9.17) is 14.5 Å². The summed E-state index contributed by atoms with van der Waals surface area (Å²) in [5, 5.41) is 0. The Morgan fingerprint density at radius 3 is 1.44 bits per heavy atom. The largest absolute Gasteiger partial charge is 0.321 e. The molecule has 0 aromatic heterocycles. The second-order valence-corrected chi connectivity index (χ2v) is 17.5. The highest BCUT2D eigenvalue weighted by Gasteiger charge is 2.65. The summed E-state index contributed by atoms with van der Waals surface area (Å²) in [6.45, 7) is 11.5. The smallest absolute Gasteiger partial charge is 0.288 e. The minimum absolute atomic E-state index is 0.158. The Kier molecular flexibility index (Phi) is 8.48. The third-order valence-electron chi connectivity index (χ3n) is 12.7. The first kappa shape index (κ1) is 32.3. The zero-order chi connectivity index (χ0) is 32.1. The molecule has 4 aliphatic rings. The minimum atomic E-state index is -3.78. The van der Waals surface area contributed by atoms with E-state index >= 15 is 4.57 Å². The highest BCUT2D eigenvalue weighted by molar-refractivity contribution is 7.91. The first-order chi connectivity index (χ1) is 21.4. The fraction of sp³-hybridized carbons (Fsp3) is 0.579. The predicted octanol–water partition coefficient (Wildman–Crippen LogP) is 8.37. The maximum Gasteiger partial charge on any atom is 0.288 e. The number of carbonyl (C=O) groups is 2. The van der Waals surface area contributed by atoms with Gasteiger partial charge in [0, 0.05) is 25.7 Å². The number of nitrogens with zero attached hydrogens (tertiary/aromatic N) is 2. The van der Waals surface area contributed by atoms with Crippen LogP contribution < -0.4 is 0 Å². The normalized spacial score (nSPS) is 31.5. The SMILES string of the molecule is CCOP(=O)(C(Cc1ccccc1)=NCC12CCC(CC1=O)C2(C)C)C(Cc1ccccc1)=NCC12CCC(CC1=O)C2(C)C. The third kappa shape index (κ3) is 5.15. The lowest BCUT2D eigenvalue weighted by Gasteiger charge is -2.36. The average molecular weight is 629 g/mol. The van der Waals surface area contributed by atoms with E-state index in [0.29, 0.717) is 61.5 Å². The summed E-state index contributed by atoms with van der Waals surface area (Å²) in [5.41, 5.74) is 1.49. The molecule has 6 nitrogen and oxygen atoms in total. The molecule has 0 saturated heterocycles. The van der Waals surface area contributed by atoms with Crippen molar-refractivity contribution in [1.29, 1.82) is 0 Å². The first-order valence-corrected chi connectivity index (χ1v) is 18.5. The predicted molar refractivity (Wildman–Crippen MR) is 181 cm³/mol. The van der Waals surface area contributed by atoms with Crippen molar-refractivity contribution in [1.82, 2.24) is 0 Å². The van der Waals surface area contributed by atoms with Gasteiger partial charge in [0.15, 0.2) is 0 Å². The zero-order valence-electron chi connectivity index (χ0n) is 27.7. The van der Waals surface area contributed by atoms with Crippen LogP contribution in [0.5, 0.6) is 0 Å². The van der Waals surface area contributed by atoms with E-state index in [2.05, 4.69) is 27.7 Å². The number of ketones is 2. The maximum atomic E-state index is 15.7. The number of carbonyl (C=O) groups excluding carboxylic acids is 2. The molecule has 2 aromatic carbocycles. The van der Waals surface area contributed by atoms with Gasteiger partial charge in [-0.3, -0.25) is 24.1 Å². The fourth-order valence-corrected chi connectivity index (χ4v) is 11.5. The van der Waals surface area contributed by atoms with Gasteiger partial charge in [-0.1, -0.05) is 88.4 Å². The molecule has 4 fully saturated rings. The van der Waals surface area contributed by atoms with Gasteiger partial charge in [-0.05, 0) is 66.4 Å². The van der Waals surface area contributed by atoms with Gasteiger partial charge >= 0.3 is 0 Å². The molecule has 0 radical (unpaired) electrons. The molecule has 0 N–H and O–H groups in total. The number of hydrogen-bond acceptors (Lipinski definition) is 6. The molecule has 0 heterocycles. The summed E-state index contributed by atoms with van der Waals surface area (Å²) in [7, 11) is -3.78. The first-order valence-electron chi connectivity index (χ1n) is 16.9. The van der Waals surface area contributed by atoms with Crippen LogP contribution in [0.2, 0.25) is 0 Å². The van der Waals surface area contributed by atoms with E-state index in [-0.39, 0.29) is 29.0 Å². The van der Waals surface area contributed by atoms with E-state index in [1.807, 2.05) is 67.6 Å². The monoisotopic (exact) mass is 628 g/mol. The lowest BCUT2D eigenvalue weighted by atomic mass is 9.69. The number of Topliss-reactive ketones (excluding diaryl/α,β-unsaturated/α-hetero) is 2. The van der Waals surface area contributed by atoms with Crippen molar-refractivity contribution in [2.24, 2.45) is 43.5 Å². The van der Waals surface area contributed by atoms with Crippen LogP contribution in [-0.4, -0.2) is 42.2 Å². The summed E-state index contributed by atoms with van der Waals surface area (Å²) in [6, 6.07) is 19.9. The second-order valence-electron chi connectivity index (χ2n) is 15.1. The number of benzene rings is 2. The number of hydrogen-bond donors (Lipinski definition) is 0. The zero-order valence-corrected chi connectivity index (χ0v) is 28.6. The Hall–Kier alpha value is -2.69. The van der Waals surface area contributed by atoms with Crippen molar-refractivity contribution in [3.05, 3.63) is 71.8 Å². The molecule has 0 spiro atoms. The number of aliphatic imine (C=N–C) groups is 2. The average Bonchev–Trinajstić information content (AvgIpc) is 3.56. The molecule has 6 rings (SSSR count). The van der Waals surface area contributed by atoms with Crippen molar-refractivity contribution < 1.29 is 18.7 Å². The molecule has 4 bridgehead atoms. The molecule has 4 unspecified atom stereocenters. The second kappa shape index (κ2) is 11.8. The minimum Gasteiger partial charge on any atom is -0.321 e. The lowest BCUT2D eigenvalue weighted by Crippen LogP contribution is -2.39. The van der Waals surface area contributed by atoms with Crippen molar-refractivity contribution in [3.8, 4) is 0 Å². The van der Waals surface area contributed by atoms with E-state index in [1.165, 1.54) is 0 Å². The van der Waals surface area contributed by atoms with E-state index in [1.54, 1.807) is 0 Å². The van der Waals surface area contributed by atoms with Crippen molar-refractivity contribution >= 4 is 29.8 Å². The molecule has 240 valence electrons. The Morgan fingerprint density at radius 2 is 1.13 bits per heavy atom. The molecule has 2 aromatic rings. The Balaban J connectivity index is 1.46. The summed E-state index contributed by atoms with van der Waals surface area (Å²) in [4.78, 5) is 37.4. The fourth-order valence-electron chi connectivity index (χ4n) is 9.28. The van der Waals surface area contributed by atoms with Gasteiger partial charge in [-0.25, -0.2) is 0 Å². The number of fused-ring (bicyclic) bond motifs is 4. The molecule has 0 amide bonds. The van der Waals surface area contributed by atoms with Crippen LogP contribution in [0.1, 0.15) is 84.3 Å². The van der Waals surface area contributed by atoms with Crippen LogP contribution in [-0.2, 0) is 31.5 Å². The van der Waals surface area contributed by atoms with Crippen LogP contribution in [0.3, 0.4) is 0 Å². The topological polar surface area (TPSA) is 85.2 Å². The molecular weight excluding hydrogens is 579 g/mol. The van der Waals surface area contributed by atoms with Crippen LogP contribution in [0.15, 0.2) is 70.6 Å². The van der Waals surface area contributed by atoms with Gasteiger partial charge < -0.3 is 4.52 Å². The molecule has 4 saturated carbocycles. The van der Waals surface area contributed by atoms with Gasteiger partial charge in [-0.2, -0.15) is 0 Å². The summed E-state index contributed by atoms with van der Waals surface area (Å²) < 4.78 is 22.0. The maximum absolute atomic E-state index is 15.7. The molecule has 7 heteroatoms. The highest BCUT2D eigenvalue weighted by Crippen LogP contribution is 2.65. The van der Waals surface area contributed by atoms with Gasteiger partial charge in [0.1, 0.15) is 22.5 Å². The molecule has 4 atom stereocenters.